The van der Waals surface area contributed by atoms with Crippen LogP contribution in [-0.2, 0) is 9.53 Å². The van der Waals surface area contributed by atoms with Crippen molar-refractivity contribution in [2.75, 3.05) is 11.9 Å². The Morgan fingerprint density at radius 2 is 2.17 bits per heavy atom. The molecule has 98 valence electrons. The molecule has 1 aliphatic heterocycles. The molecule has 4 nitrogen and oxygen atoms in total. The van der Waals surface area contributed by atoms with Crippen molar-refractivity contribution in [2.24, 2.45) is 0 Å². The van der Waals surface area contributed by atoms with E-state index in [1.54, 1.807) is 0 Å². The minimum Gasteiger partial charge on any atom is -0.489 e. The summed E-state index contributed by atoms with van der Waals surface area (Å²) in [6.07, 6.45) is 0.311. The zero-order valence-corrected chi connectivity index (χ0v) is 11.0. The molecule has 1 aliphatic rings. The first-order chi connectivity index (χ1) is 8.44. The summed E-state index contributed by atoms with van der Waals surface area (Å²) in [6, 6.07) is 7.68. The largest absolute Gasteiger partial charge is 0.489 e. The van der Waals surface area contributed by atoms with Crippen LogP contribution in [0.25, 0.3) is 0 Å². The van der Waals surface area contributed by atoms with Crippen LogP contribution in [0.1, 0.15) is 27.2 Å². The lowest BCUT2D eigenvalue weighted by molar-refractivity contribution is -0.155. The number of carbonyl (C=O) groups excluding carboxylic acids is 1. The molecule has 0 bridgehead atoms. The summed E-state index contributed by atoms with van der Waals surface area (Å²) in [7, 11) is 0. The molecule has 1 aromatic rings. The topological polar surface area (TPSA) is 47.6 Å². The lowest BCUT2D eigenvalue weighted by Crippen LogP contribution is -2.35. The van der Waals surface area contributed by atoms with Crippen molar-refractivity contribution in [3.05, 3.63) is 24.3 Å². The number of benzene rings is 1. The highest BCUT2D eigenvalue weighted by Gasteiger charge is 2.24. The Morgan fingerprint density at radius 1 is 1.44 bits per heavy atom. The molecule has 18 heavy (non-hydrogen) atoms. The molecule has 0 saturated carbocycles. The highest BCUT2D eigenvalue weighted by molar-refractivity contribution is 5.72. The summed E-state index contributed by atoms with van der Waals surface area (Å²) in [5.41, 5.74) is 0.488. The van der Waals surface area contributed by atoms with Crippen LogP contribution in [0.5, 0.6) is 5.75 Å². The van der Waals surface area contributed by atoms with E-state index in [0.717, 1.165) is 11.4 Å². The van der Waals surface area contributed by atoms with E-state index >= 15 is 0 Å². The van der Waals surface area contributed by atoms with Crippen LogP contribution in [0.15, 0.2) is 24.3 Å². The van der Waals surface area contributed by atoms with E-state index in [4.69, 9.17) is 9.47 Å². The highest BCUT2D eigenvalue weighted by Crippen LogP contribution is 2.28. The van der Waals surface area contributed by atoms with E-state index in [2.05, 4.69) is 5.32 Å². The predicted molar refractivity (Wildman–Crippen MR) is 69.8 cm³/mol. The molecule has 0 saturated heterocycles. The Kier molecular flexibility index (Phi) is 3.45. The van der Waals surface area contributed by atoms with Gasteiger partial charge in [-0.2, -0.15) is 0 Å². The number of carbonyl (C=O) groups is 1. The summed E-state index contributed by atoms with van der Waals surface area (Å²) >= 11 is 0. The molecule has 0 spiro atoms. The monoisotopic (exact) mass is 249 g/mol. The fourth-order valence-corrected chi connectivity index (χ4v) is 1.86. The van der Waals surface area contributed by atoms with E-state index in [9.17, 15) is 4.79 Å². The maximum atomic E-state index is 11.7. The molecule has 0 amide bonds. The minimum atomic E-state index is -0.440. The number of para-hydroxylation sites is 2. The van der Waals surface area contributed by atoms with Crippen LogP contribution >= 0.6 is 0 Å². The van der Waals surface area contributed by atoms with Crippen molar-refractivity contribution in [2.45, 2.75) is 38.8 Å². The van der Waals surface area contributed by atoms with Crippen LogP contribution in [0.3, 0.4) is 0 Å². The van der Waals surface area contributed by atoms with Gasteiger partial charge in [-0.1, -0.05) is 12.1 Å². The van der Waals surface area contributed by atoms with Crippen molar-refractivity contribution in [3.8, 4) is 5.75 Å². The van der Waals surface area contributed by atoms with Crippen LogP contribution in [-0.4, -0.2) is 24.2 Å². The third kappa shape index (κ3) is 3.39. The van der Waals surface area contributed by atoms with E-state index < -0.39 is 5.60 Å². The van der Waals surface area contributed by atoms with Gasteiger partial charge < -0.3 is 14.8 Å². The maximum Gasteiger partial charge on any atom is 0.308 e. The average molecular weight is 249 g/mol. The highest BCUT2D eigenvalue weighted by atomic mass is 16.6. The smallest absolute Gasteiger partial charge is 0.308 e. The predicted octanol–water partition coefficient (Wildman–Crippen LogP) is 2.59. The van der Waals surface area contributed by atoms with Crippen molar-refractivity contribution in [1.29, 1.82) is 0 Å². The normalized spacial score (nSPS) is 18.3. The molecular weight excluding hydrogens is 230 g/mol. The second-order valence-electron chi connectivity index (χ2n) is 5.44. The van der Waals surface area contributed by atoms with Crippen molar-refractivity contribution < 1.29 is 14.3 Å². The summed E-state index contributed by atoms with van der Waals surface area (Å²) < 4.78 is 10.9. The Morgan fingerprint density at radius 3 is 2.89 bits per heavy atom. The van der Waals surface area contributed by atoms with Crippen LogP contribution in [0.4, 0.5) is 5.69 Å². The van der Waals surface area contributed by atoms with Gasteiger partial charge in [-0.05, 0) is 32.9 Å². The van der Waals surface area contributed by atoms with E-state index in [0.29, 0.717) is 13.0 Å². The molecule has 1 heterocycles. The summed E-state index contributed by atoms with van der Waals surface area (Å²) in [6.45, 7) is 6.08. The average Bonchev–Trinajstić information content (AvgIpc) is 2.26. The van der Waals surface area contributed by atoms with Gasteiger partial charge in [0.05, 0.1) is 18.2 Å². The van der Waals surface area contributed by atoms with Gasteiger partial charge in [-0.25, -0.2) is 0 Å². The molecule has 2 rings (SSSR count). The zero-order chi connectivity index (χ0) is 13.2. The van der Waals surface area contributed by atoms with Crippen molar-refractivity contribution >= 4 is 11.7 Å². The maximum absolute atomic E-state index is 11.7. The van der Waals surface area contributed by atoms with E-state index in [1.165, 1.54) is 0 Å². The van der Waals surface area contributed by atoms with Crippen LogP contribution in [0, 0.1) is 0 Å². The van der Waals surface area contributed by atoms with Crippen LogP contribution < -0.4 is 10.1 Å². The fourth-order valence-electron chi connectivity index (χ4n) is 1.86. The third-order valence-electron chi connectivity index (χ3n) is 2.52. The molecule has 0 aliphatic carbocycles. The number of fused-ring (bicyclic) bond motifs is 1. The number of rotatable bonds is 2. The Bertz CT molecular complexity index is 437. The summed E-state index contributed by atoms with van der Waals surface area (Å²) in [4.78, 5) is 11.7. The Balaban J connectivity index is 1.92. The first kappa shape index (κ1) is 12.7. The first-order valence-corrected chi connectivity index (χ1v) is 6.14. The van der Waals surface area contributed by atoms with Gasteiger partial charge in [-0.15, -0.1) is 0 Å². The second kappa shape index (κ2) is 4.88. The summed E-state index contributed by atoms with van der Waals surface area (Å²) in [5, 5.41) is 3.29. The van der Waals surface area contributed by atoms with Gasteiger partial charge in [-0.3, -0.25) is 4.79 Å². The van der Waals surface area contributed by atoms with E-state index in [-0.39, 0.29) is 12.0 Å². The first-order valence-electron chi connectivity index (χ1n) is 6.14. The Hall–Kier alpha value is -1.71. The molecule has 0 fully saturated rings. The molecular formula is C14H19NO3. The SMILES string of the molecule is CC(C)(C)OC(=O)CC1COc2ccccc2N1. The summed E-state index contributed by atoms with van der Waals surface area (Å²) in [5.74, 6) is 0.626. The van der Waals surface area contributed by atoms with Gasteiger partial charge >= 0.3 is 5.97 Å². The number of esters is 1. The third-order valence-corrected chi connectivity index (χ3v) is 2.52. The van der Waals surface area contributed by atoms with Gasteiger partial charge in [0.25, 0.3) is 0 Å². The van der Waals surface area contributed by atoms with Crippen molar-refractivity contribution in [1.82, 2.24) is 0 Å². The second-order valence-corrected chi connectivity index (χ2v) is 5.44. The number of ether oxygens (including phenoxy) is 2. The molecule has 0 aromatic heterocycles. The van der Waals surface area contributed by atoms with Gasteiger partial charge in [0.1, 0.15) is 18.0 Å². The van der Waals surface area contributed by atoms with Crippen molar-refractivity contribution in [3.63, 3.8) is 0 Å². The fraction of sp³-hybridized carbons (Fsp3) is 0.500. The quantitative estimate of drug-likeness (QED) is 0.818. The molecule has 4 heteroatoms. The van der Waals surface area contributed by atoms with Gasteiger partial charge in [0.15, 0.2) is 0 Å². The number of hydrogen-bond acceptors (Lipinski definition) is 4. The van der Waals surface area contributed by atoms with Gasteiger partial charge in [0.2, 0.25) is 0 Å². The lowest BCUT2D eigenvalue weighted by Gasteiger charge is -2.28. The van der Waals surface area contributed by atoms with Gasteiger partial charge in [0, 0.05) is 0 Å². The van der Waals surface area contributed by atoms with Crippen LogP contribution in [0.2, 0.25) is 0 Å². The lowest BCUT2D eigenvalue weighted by atomic mass is 10.1. The number of nitrogens with one attached hydrogen (secondary N) is 1. The molecule has 1 aromatic carbocycles. The number of anilines is 1. The molecule has 0 radical (unpaired) electrons. The number of hydrogen-bond donors (Lipinski definition) is 1. The molecule has 1 atom stereocenters. The Labute approximate surface area is 107 Å². The zero-order valence-electron chi connectivity index (χ0n) is 11.0. The molecule has 1 N–H and O–H groups in total. The molecule has 1 unspecified atom stereocenters. The van der Waals surface area contributed by atoms with E-state index in [1.807, 2.05) is 45.0 Å². The standard InChI is InChI=1S/C14H19NO3/c1-14(2,3)18-13(16)8-10-9-17-12-7-5-4-6-11(12)15-10/h4-7,10,15H,8-9H2,1-3H3. The minimum absolute atomic E-state index is 0.0326.